The highest BCUT2D eigenvalue weighted by Gasteiger charge is 2.35. The maximum Gasteiger partial charge on any atom is 0.238 e. The van der Waals surface area contributed by atoms with Gasteiger partial charge in [0.15, 0.2) is 0 Å². The average Bonchev–Trinajstić information content (AvgIpc) is 3.01. The Labute approximate surface area is 189 Å². The van der Waals surface area contributed by atoms with E-state index in [-0.39, 0.29) is 11.7 Å². The second kappa shape index (κ2) is 8.65. The van der Waals surface area contributed by atoms with Crippen LogP contribution >= 0.6 is 22.6 Å². The van der Waals surface area contributed by atoms with Gasteiger partial charge in [-0.1, -0.05) is 30.3 Å². The molecule has 6 heteroatoms. The zero-order valence-corrected chi connectivity index (χ0v) is 18.9. The van der Waals surface area contributed by atoms with Gasteiger partial charge in [0, 0.05) is 15.8 Å². The van der Waals surface area contributed by atoms with Crippen molar-refractivity contribution in [2.75, 3.05) is 19.4 Å². The average molecular weight is 513 g/mol. The molecule has 0 aromatic heterocycles. The summed E-state index contributed by atoms with van der Waals surface area (Å²) in [6, 6.07) is 20.3. The molecule has 1 atom stereocenters. The van der Waals surface area contributed by atoms with E-state index in [1.165, 1.54) is 17.7 Å². The monoisotopic (exact) mass is 513 g/mol. The Hall–Kier alpha value is -2.58. The summed E-state index contributed by atoms with van der Waals surface area (Å²) in [5, 5.41) is 2.80. The number of nitrogens with one attached hydrogen (secondary N) is 1. The Morgan fingerprint density at radius 2 is 1.87 bits per heavy atom. The maximum absolute atomic E-state index is 13.7. The lowest BCUT2D eigenvalue weighted by atomic mass is 9.90. The number of nitrogens with zero attached hydrogens (tertiary/aromatic N) is 2. The Morgan fingerprint density at radius 3 is 2.57 bits per heavy atom. The quantitative estimate of drug-likeness (QED) is 0.370. The van der Waals surface area contributed by atoms with Gasteiger partial charge < -0.3 is 10.2 Å². The van der Waals surface area contributed by atoms with Gasteiger partial charge in [0.2, 0.25) is 5.91 Å². The fourth-order valence-electron chi connectivity index (χ4n) is 3.63. The molecule has 0 saturated carbocycles. The lowest BCUT2D eigenvalue weighted by Gasteiger charge is -2.15. The number of fused-ring (bicyclic) bond motifs is 1. The first-order valence-corrected chi connectivity index (χ1v) is 10.7. The lowest BCUT2D eigenvalue weighted by Crippen LogP contribution is -2.22. The molecule has 0 aliphatic carbocycles. The molecule has 1 heterocycles. The first-order chi connectivity index (χ1) is 14.4. The fourth-order valence-corrected chi connectivity index (χ4v) is 4.17. The van der Waals surface area contributed by atoms with Crippen molar-refractivity contribution in [1.29, 1.82) is 0 Å². The molecule has 3 aromatic carbocycles. The minimum absolute atomic E-state index is 0.197. The number of anilines is 1. The number of carbonyl (C=O) groups is 1. The third kappa shape index (κ3) is 4.44. The predicted molar refractivity (Wildman–Crippen MR) is 127 cm³/mol. The van der Waals surface area contributed by atoms with Crippen LogP contribution in [-0.2, 0) is 11.3 Å². The van der Waals surface area contributed by atoms with E-state index in [0.29, 0.717) is 11.4 Å². The van der Waals surface area contributed by atoms with E-state index < -0.39 is 5.92 Å². The van der Waals surface area contributed by atoms with E-state index in [4.69, 9.17) is 4.99 Å². The van der Waals surface area contributed by atoms with Crippen molar-refractivity contribution in [3.63, 3.8) is 0 Å². The second-order valence-corrected chi connectivity index (χ2v) is 8.81. The summed E-state index contributed by atoms with van der Waals surface area (Å²) < 4.78 is 14.7. The van der Waals surface area contributed by atoms with E-state index in [0.717, 1.165) is 26.9 Å². The second-order valence-electron chi connectivity index (χ2n) is 7.57. The van der Waals surface area contributed by atoms with Gasteiger partial charge in [0.25, 0.3) is 0 Å². The van der Waals surface area contributed by atoms with Crippen LogP contribution in [0.25, 0.3) is 0 Å². The van der Waals surface area contributed by atoms with Gasteiger partial charge in [-0.05, 0) is 89.8 Å². The maximum atomic E-state index is 13.7. The van der Waals surface area contributed by atoms with E-state index in [1.807, 2.05) is 62.6 Å². The zero-order valence-electron chi connectivity index (χ0n) is 16.7. The van der Waals surface area contributed by atoms with Crippen LogP contribution in [0.2, 0.25) is 0 Å². The van der Waals surface area contributed by atoms with Crippen molar-refractivity contribution < 1.29 is 9.18 Å². The van der Waals surface area contributed by atoms with Crippen LogP contribution in [0.1, 0.15) is 22.6 Å². The van der Waals surface area contributed by atoms with Crippen LogP contribution in [-0.4, -0.2) is 30.6 Å². The largest absolute Gasteiger partial charge is 0.325 e. The predicted octanol–water partition coefficient (Wildman–Crippen LogP) is 5.35. The lowest BCUT2D eigenvalue weighted by molar-refractivity contribution is -0.115. The summed E-state index contributed by atoms with van der Waals surface area (Å²) in [6.07, 6.45) is 0. The van der Waals surface area contributed by atoms with Gasteiger partial charge in [-0.15, -0.1) is 0 Å². The van der Waals surface area contributed by atoms with Crippen molar-refractivity contribution in [3.05, 3.63) is 92.8 Å². The van der Waals surface area contributed by atoms with Gasteiger partial charge in [-0.25, -0.2) is 4.39 Å². The van der Waals surface area contributed by atoms with E-state index in [1.54, 1.807) is 6.07 Å². The molecule has 4 nitrogen and oxygen atoms in total. The first-order valence-electron chi connectivity index (χ1n) is 9.59. The third-order valence-corrected chi connectivity index (χ3v) is 5.60. The summed E-state index contributed by atoms with van der Waals surface area (Å²) in [5.41, 5.74) is 4.73. The van der Waals surface area contributed by atoms with Crippen molar-refractivity contribution in [3.8, 4) is 0 Å². The van der Waals surface area contributed by atoms with Crippen LogP contribution in [0.5, 0.6) is 0 Å². The van der Waals surface area contributed by atoms with Crippen LogP contribution in [0, 0.1) is 9.39 Å². The molecule has 3 aromatic rings. The van der Waals surface area contributed by atoms with E-state index in [9.17, 15) is 9.18 Å². The number of hydrogen-bond donors (Lipinski definition) is 1. The molecule has 1 aliphatic heterocycles. The highest BCUT2D eigenvalue weighted by molar-refractivity contribution is 14.1. The van der Waals surface area contributed by atoms with Crippen LogP contribution in [0.3, 0.4) is 0 Å². The molecule has 30 heavy (non-hydrogen) atoms. The molecule has 0 spiro atoms. The number of amides is 1. The van der Waals surface area contributed by atoms with Crippen LogP contribution < -0.4 is 5.32 Å². The fraction of sp³-hybridized carbons (Fsp3) is 0.167. The molecule has 0 fully saturated rings. The number of rotatable bonds is 5. The Balaban J connectivity index is 1.80. The summed E-state index contributed by atoms with van der Waals surface area (Å²) >= 11 is 2.25. The molecule has 0 radical (unpaired) electrons. The Kier molecular flexibility index (Phi) is 5.97. The zero-order chi connectivity index (χ0) is 21.3. The Morgan fingerprint density at radius 1 is 1.10 bits per heavy atom. The van der Waals surface area contributed by atoms with Gasteiger partial charge in [0.05, 0.1) is 11.4 Å². The summed E-state index contributed by atoms with van der Waals surface area (Å²) in [5.74, 6) is -1.17. The molecule has 1 amide bonds. The van der Waals surface area contributed by atoms with Gasteiger partial charge in [0.1, 0.15) is 11.7 Å². The third-order valence-electron chi connectivity index (χ3n) is 4.92. The number of halogens is 2. The van der Waals surface area contributed by atoms with Gasteiger partial charge >= 0.3 is 0 Å². The molecular formula is C24H21FIN3O. The van der Waals surface area contributed by atoms with Crippen molar-refractivity contribution in [1.82, 2.24) is 4.90 Å². The number of carbonyl (C=O) groups excluding carboxylic acids is 1. The smallest absolute Gasteiger partial charge is 0.238 e. The molecule has 4 rings (SSSR count). The van der Waals surface area contributed by atoms with E-state index >= 15 is 0 Å². The van der Waals surface area contributed by atoms with Gasteiger partial charge in [-0.2, -0.15) is 0 Å². The van der Waals surface area contributed by atoms with Crippen molar-refractivity contribution >= 4 is 45.6 Å². The standard InChI is InChI=1S/C24H21FIN3O/c1-29(2)14-15-6-9-19(10-7-15)27-23(16-4-3-5-18(26)12-16)22-20-11-8-17(25)13-21(20)28-24(22)30/h3-13,22H,14H2,1-2H3,(H,28,30). The SMILES string of the molecule is CN(C)Cc1ccc(N=C(c2cccc(I)c2)C2C(=O)Nc3cc(F)ccc32)cc1. The van der Waals surface area contributed by atoms with Gasteiger partial charge in [-0.3, -0.25) is 9.79 Å². The van der Waals surface area contributed by atoms with Crippen LogP contribution in [0.4, 0.5) is 15.8 Å². The minimum atomic E-state index is -0.597. The van der Waals surface area contributed by atoms with E-state index in [2.05, 4.69) is 32.8 Å². The highest BCUT2D eigenvalue weighted by Crippen LogP contribution is 2.37. The summed E-state index contributed by atoms with van der Waals surface area (Å²) in [7, 11) is 4.06. The topological polar surface area (TPSA) is 44.7 Å². The molecular weight excluding hydrogens is 492 g/mol. The summed E-state index contributed by atoms with van der Waals surface area (Å²) in [6.45, 7) is 0.845. The first kappa shape index (κ1) is 20.7. The van der Waals surface area contributed by atoms with Crippen LogP contribution in [0.15, 0.2) is 71.7 Å². The molecule has 1 aliphatic rings. The highest BCUT2D eigenvalue weighted by atomic mass is 127. The number of hydrogen-bond acceptors (Lipinski definition) is 3. The normalized spacial score (nSPS) is 16.0. The van der Waals surface area contributed by atoms with Crippen molar-refractivity contribution in [2.45, 2.75) is 12.5 Å². The number of aliphatic imine (C=N–C) groups is 1. The Bertz CT molecular complexity index is 1130. The molecule has 1 N–H and O–H groups in total. The minimum Gasteiger partial charge on any atom is -0.325 e. The molecule has 0 bridgehead atoms. The molecule has 1 unspecified atom stereocenters. The molecule has 152 valence electrons. The summed E-state index contributed by atoms with van der Waals surface area (Å²) in [4.78, 5) is 19.9. The molecule has 0 saturated heterocycles. The number of benzene rings is 3. The van der Waals surface area contributed by atoms with Crippen molar-refractivity contribution in [2.24, 2.45) is 4.99 Å².